The highest BCUT2D eigenvalue weighted by atomic mass is 16.2. The van der Waals surface area contributed by atoms with E-state index in [1.165, 1.54) is 51.4 Å². The molecule has 1 saturated heterocycles. The Labute approximate surface area is 105 Å². The predicted octanol–water partition coefficient (Wildman–Crippen LogP) is 2.36. The van der Waals surface area contributed by atoms with E-state index in [4.69, 9.17) is 0 Å². The van der Waals surface area contributed by atoms with Crippen molar-refractivity contribution >= 4 is 5.91 Å². The van der Waals surface area contributed by atoms with Crippen LogP contribution in [0.2, 0.25) is 0 Å². The van der Waals surface area contributed by atoms with Crippen molar-refractivity contribution < 1.29 is 4.79 Å². The Kier molecular flexibility index (Phi) is 5.30. The van der Waals surface area contributed by atoms with Gasteiger partial charge in [-0.25, -0.2) is 0 Å². The molecule has 0 radical (unpaired) electrons. The molecule has 1 heterocycles. The summed E-state index contributed by atoms with van der Waals surface area (Å²) < 4.78 is 0. The summed E-state index contributed by atoms with van der Waals surface area (Å²) in [6.07, 6.45) is 12.6. The van der Waals surface area contributed by atoms with Crippen LogP contribution in [0.15, 0.2) is 0 Å². The summed E-state index contributed by atoms with van der Waals surface area (Å²) in [4.78, 5) is 11.9. The third kappa shape index (κ3) is 4.30. The van der Waals surface area contributed by atoms with Gasteiger partial charge in [-0.15, -0.1) is 0 Å². The Morgan fingerprint density at radius 2 is 1.53 bits per heavy atom. The molecule has 1 aliphatic heterocycles. The van der Waals surface area contributed by atoms with E-state index in [0.717, 1.165) is 19.4 Å². The number of rotatable bonds is 2. The molecule has 2 aliphatic rings. The van der Waals surface area contributed by atoms with Crippen LogP contribution < -0.4 is 10.6 Å². The number of hydrogen-bond acceptors (Lipinski definition) is 2. The van der Waals surface area contributed by atoms with E-state index in [9.17, 15) is 4.79 Å². The van der Waals surface area contributed by atoms with Gasteiger partial charge in [0.15, 0.2) is 0 Å². The zero-order chi connectivity index (χ0) is 11.9. The van der Waals surface area contributed by atoms with Crippen LogP contribution in [0.25, 0.3) is 0 Å². The van der Waals surface area contributed by atoms with Crippen molar-refractivity contribution in [3.8, 4) is 0 Å². The van der Waals surface area contributed by atoms with Crippen molar-refractivity contribution in [1.29, 1.82) is 0 Å². The van der Waals surface area contributed by atoms with Crippen LogP contribution in [0.4, 0.5) is 0 Å². The molecular formula is C14H26N2O. The van der Waals surface area contributed by atoms with Crippen LogP contribution >= 0.6 is 0 Å². The molecule has 2 fully saturated rings. The maximum Gasteiger partial charge on any atom is 0.237 e. The number of nitrogens with one attached hydrogen (secondary N) is 2. The van der Waals surface area contributed by atoms with Gasteiger partial charge in [0, 0.05) is 12.6 Å². The normalized spacial score (nSPS) is 28.9. The second-order valence-electron chi connectivity index (χ2n) is 5.55. The largest absolute Gasteiger partial charge is 0.355 e. The van der Waals surface area contributed by atoms with Gasteiger partial charge < -0.3 is 10.6 Å². The fourth-order valence-electron chi connectivity index (χ4n) is 3.01. The van der Waals surface area contributed by atoms with E-state index in [0.29, 0.717) is 6.04 Å². The quantitative estimate of drug-likeness (QED) is 0.775. The first kappa shape index (κ1) is 12.9. The minimum atomic E-state index is 0.0712. The monoisotopic (exact) mass is 238 g/mol. The van der Waals surface area contributed by atoms with Crippen LogP contribution in [0.3, 0.4) is 0 Å². The highest BCUT2D eigenvalue weighted by Crippen LogP contribution is 2.18. The molecule has 0 aromatic carbocycles. The molecule has 1 saturated carbocycles. The van der Waals surface area contributed by atoms with Crippen molar-refractivity contribution in [2.24, 2.45) is 0 Å². The third-order valence-electron chi connectivity index (χ3n) is 4.08. The van der Waals surface area contributed by atoms with E-state index < -0.39 is 0 Å². The Morgan fingerprint density at radius 1 is 0.882 bits per heavy atom. The molecule has 1 unspecified atom stereocenters. The van der Waals surface area contributed by atoms with Crippen molar-refractivity contribution in [3.05, 3.63) is 0 Å². The Hall–Kier alpha value is -0.570. The molecule has 17 heavy (non-hydrogen) atoms. The molecule has 0 bridgehead atoms. The number of carbonyl (C=O) groups is 1. The summed E-state index contributed by atoms with van der Waals surface area (Å²) in [5.41, 5.74) is 0. The molecule has 0 aromatic heterocycles. The molecule has 1 aliphatic carbocycles. The van der Waals surface area contributed by atoms with Gasteiger partial charge in [-0.3, -0.25) is 4.79 Å². The lowest BCUT2D eigenvalue weighted by Crippen LogP contribution is -2.47. The van der Waals surface area contributed by atoms with Gasteiger partial charge in [-0.1, -0.05) is 32.1 Å². The van der Waals surface area contributed by atoms with Crippen LogP contribution in [0, 0.1) is 0 Å². The van der Waals surface area contributed by atoms with Gasteiger partial charge in [0.05, 0.1) is 6.04 Å². The van der Waals surface area contributed by atoms with E-state index in [1.54, 1.807) is 0 Å². The topological polar surface area (TPSA) is 41.1 Å². The zero-order valence-electron chi connectivity index (χ0n) is 10.8. The standard InChI is InChI=1S/C14H26N2O/c17-14-13(10-6-7-11-15-14)16-12-8-4-2-1-3-5-9-12/h12-13,16H,1-11H2,(H,15,17). The second kappa shape index (κ2) is 7.00. The van der Waals surface area contributed by atoms with Gasteiger partial charge in [-0.2, -0.15) is 0 Å². The molecule has 2 rings (SSSR count). The van der Waals surface area contributed by atoms with E-state index in [-0.39, 0.29) is 11.9 Å². The molecule has 0 aromatic rings. The molecule has 3 nitrogen and oxygen atoms in total. The first-order valence-electron chi connectivity index (χ1n) is 7.40. The van der Waals surface area contributed by atoms with E-state index in [2.05, 4.69) is 10.6 Å². The summed E-state index contributed by atoms with van der Waals surface area (Å²) in [5, 5.41) is 6.61. The van der Waals surface area contributed by atoms with Crippen LogP contribution in [0.1, 0.15) is 64.2 Å². The third-order valence-corrected chi connectivity index (χ3v) is 4.08. The molecule has 2 N–H and O–H groups in total. The first-order valence-corrected chi connectivity index (χ1v) is 7.40. The molecule has 3 heteroatoms. The fraction of sp³-hybridized carbons (Fsp3) is 0.929. The Morgan fingerprint density at radius 3 is 2.29 bits per heavy atom. The van der Waals surface area contributed by atoms with Crippen LogP contribution in [-0.2, 0) is 4.79 Å². The van der Waals surface area contributed by atoms with E-state index in [1.807, 2.05) is 0 Å². The van der Waals surface area contributed by atoms with Gasteiger partial charge in [0.1, 0.15) is 0 Å². The second-order valence-corrected chi connectivity index (χ2v) is 5.55. The lowest BCUT2D eigenvalue weighted by molar-refractivity contribution is -0.123. The lowest BCUT2D eigenvalue weighted by atomic mass is 9.95. The summed E-state index contributed by atoms with van der Waals surface area (Å²) in [6.45, 7) is 0.863. The number of carbonyl (C=O) groups excluding carboxylic acids is 1. The summed E-state index contributed by atoms with van der Waals surface area (Å²) in [7, 11) is 0. The maximum atomic E-state index is 11.9. The van der Waals surface area contributed by atoms with Crippen molar-refractivity contribution in [3.63, 3.8) is 0 Å². The molecular weight excluding hydrogens is 212 g/mol. The fourth-order valence-corrected chi connectivity index (χ4v) is 3.01. The minimum Gasteiger partial charge on any atom is -0.355 e. The highest BCUT2D eigenvalue weighted by Gasteiger charge is 2.23. The molecule has 1 amide bonds. The zero-order valence-corrected chi connectivity index (χ0v) is 10.8. The summed E-state index contributed by atoms with van der Waals surface area (Å²) in [6, 6.07) is 0.645. The number of amides is 1. The number of hydrogen-bond donors (Lipinski definition) is 2. The summed E-state index contributed by atoms with van der Waals surface area (Å²) in [5.74, 6) is 0.226. The van der Waals surface area contributed by atoms with Gasteiger partial charge >= 0.3 is 0 Å². The Balaban J connectivity index is 1.82. The lowest BCUT2D eigenvalue weighted by Gasteiger charge is -2.25. The smallest absolute Gasteiger partial charge is 0.237 e. The van der Waals surface area contributed by atoms with Gasteiger partial charge in [0.25, 0.3) is 0 Å². The summed E-state index contributed by atoms with van der Waals surface area (Å²) >= 11 is 0. The van der Waals surface area contributed by atoms with Crippen LogP contribution in [0.5, 0.6) is 0 Å². The van der Waals surface area contributed by atoms with E-state index >= 15 is 0 Å². The SMILES string of the molecule is O=C1NCCCCC1NC1CCCCCCC1. The highest BCUT2D eigenvalue weighted by molar-refractivity contribution is 5.81. The molecule has 0 spiro atoms. The van der Waals surface area contributed by atoms with Crippen LogP contribution in [-0.4, -0.2) is 24.5 Å². The van der Waals surface area contributed by atoms with Crippen molar-refractivity contribution in [2.45, 2.75) is 76.3 Å². The maximum absolute atomic E-state index is 11.9. The van der Waals surface area contributed by atoms with Gasteiger partial charge in [-0.05, 0) is 32.1 Å². The average molecular weight is 238 g/mol. The van der Waals surface area contributed by atoms with Gasteiger partial charge in [0.2, 0.25) is 5.91 Å². The predicted molar refractivity (Wildman–Crippen MR) is 69.9 cm³/mol. The van der Waals surface area contributed by atoms with Crippen molar-refractivity contribution in [2.75, 3.05) is 6.54 Å². The molecule has 98 valence electrons. The minimum absolute atomic E-state index is 0.0712. The molecule has 1 atom stereocenters. The Bertz CT molecular complexity index is 234. The van der Waals surface area contributed by atoms with Crippen molar-refractivity contribution in [1.82, 2.24) is 10.6 Å². The average Bonchev–Trinajstić information content (AvgIpc) is 2.48. The first-order chi connectivity index (χ1) is 8.36.